The molecule has 0 spiro atoms. The Morgan fingerprint density at radius 1 is 1.40 bits per heavy atom. The maximum atomic E-state index is 12.2. The van der Waals surface area contributed by atoms with Crippen LogP contribution in [0.4, 0.5) is 5.69 Å². The quantitative estimate of drug-likeness (QED) is 0.845. The van der Waals surface area contributed by atoms with Crippen LogP contribution < -0.4 is 10.1 Å². The molecule has 0 saturated heterocycles. The normalized spacial score (nSPS) is 10.2. The van der Waals surface area contributed by atoms with Gasteiger partial charge in [0.25, 0.3) is 5.91 Å². The molecule has 20 heavy (non-hydrogen) atoms. The van der Waals surface area contributed by atoms with Crippen molar-refractivity contribution in [3.63, 3.8) is 0 Å². The van der Waals surface area contributed by atoms with Gasteiger partial charge >= 0.3 is 0 Å². The Morgan fingerprint density at radius 2 is 2.15 bits per heavy atom. The summed E-state index contributed by atoms with van der Waals surface area (Å²) in [6, 6.07) is 6.97. The third-order valence-corrected chi connectivity index (χ3v) is 3.57. The average Bonchev–Trinajstić information content (AvgIpc) is 2.42. The van der Waals surface area contributed by atoms with Crippen molar-refractivity contribution in [2.75, 3.05) is 12.4 Å². The lowest BCUT2D eigenvalue weighted by Gasteiger charge is -2.10. The number of aromatic nitrogens is 1. The van der Waals surface area contributed by atoms with Crippen molar-refractivity contribution < 1.29 is 9.53 Å². The molecular weight excluding hydrogens is 344 g/mol. The number of carbonyl (C=O) groups is 1. The predicted octanol–water partition coefficient (Wildman–Crippen LogP) is 4.07. The van der Waals surface area contributed by atoms with E-state index in [0.29, 0.717) is 22.2 Å². The maximum absolute atomic E-state index is 12.2. The van der Waals surface area contributed by atoms with Crippen molar-refractivity contribution >= 4 is 39.1 Å². The second-order valence-electron chi connectivity index (χ2n) is 4.13. The van der Waals surface area contributed by atoms with E-state index >= 15 is 0 Å². The number of carbonyl (C=O) groups excluding carboxylic acids is 1. The zero-order chi connectivity index (χ0) is 14.7. The largest absolute Gasteiger partial charge is 0.496 e. The first-order valence-electron chi connectivity index (χ1n) is 5.78. The number of aryl methyl sites for hydroxylation is 1. The van der Waals surface area contributed by atoms with Gasteiger partial charge in [-0.1, -0.05) is 27.5 Å². The number of benzene rings is 1. The minimum absolute atomic E-state index is 0.266. The first-order valence-corrected chi connectivity index (χ1v) is 6.95. The van der Waals surface area contributed by atoms with E-state index in [2.05, 4.69) is 26.2 Å². The summed E-state index contributed by atoms with van der Waals surface area (Å²) in [5.41, 5.74) is 1.83. The molecule has 2 aromatic rings. The Balaban J connectivity index is 2.25. The van der Waals surface area contributed by atoms with E-state index in [1.165, 1.54) is 13.3 Å². The highest BCUT2D eigenvalue weighted by Crippen LogP contribution is 2.25. The predicted molar refractivity (Wildman–Crippen MR) is 82.6 cm³/mol. The third-order valence-electron chi connectivity index (χ3n) is 2.68. The lowest BCUT2D eigenvalue weighted by atomic mass is 10.2. The molecule has 0 bridgehead atoms. The SMILES string of the molecule is COc1cc(Br)ccc1C(=O)Nc1cnc(Cl)c(C)c1. The van der Waals surface area contributed by atoms with E-state index in [-0.39, 0.29) is 5.91 Å². The number of nitrogens with one attached hydrogen (secondary N) is 1. The van der Waals surface area contributed by atoms with Crippen LogP contribution in [0.1, 0.15) is 15.9 Å². The molecule has 0 fully saturated rings. The first kappa shape index (κ1) is 14.8. The monoisotopic (exact) mass is 354 g/mol. The van der Waals surface area contributed by atoms with E-state index in [0.717, 1.165) is 10.0 Å². The number of halogens is 2. The number of amides is 1. The fraction of sp³-hybridized carbons (Fsp3) is 0.143. The average molecular weight is 356 g/mol. The van der Waals surface area contributed by atoms with Gasteiger partial charge < -0.3 is 10.1 Å². The van der Waals surface area contributed by atoms with Gasteiger partial charge in [-0.05, 0) is 36.8 Å². The summed E-state index contributed by atoms with van der Waals surface area (Å²) in [5.74, 6) is 0.230. The van der Waals surface area contributed by atoms with Crippen molar-refractivity contribution in [1.82, 2.24) is 4.98 Å². The molecule has 1 amide bonds. The summed E-state index contributed by atoms with van der Waals surface area (Å²) >= 11 is 9.18. The molecule has 104 valence electrons. The number of hydrogen-bond donors (Lipinski definition) is 1. The zero-order valence-electron chi connectivity index (χ0n) is 10.9. The van der Waals surface area contributed by atoms with Crippen molar-refractivity contribution in [1.29, 1.82) is 0 Å². The molecule has 0 aliphatic carbocycles. The molecule has 2 rings (SSSR count). The van der Waals surface area contributed by atoms with E-state index in [9.17, 15) is 4.79 Å². The second-order valence-corrected chi connectivity index (χ2v) is 5.40. The number of hydrogen-bond acceptors (Lipinski definition) is 3. The smallest absolute Gasteiger partial charge is 0.259 e. The van der Waals surface area contributed by atoms with Crippen molar-refractivity contribution in [2.45, 2.75) is 6.92 Å². The van der Waals surface area contributed by atoms with Crippen LogP contribution in [-0.2, 0) is 0 Å². The Morgan fingerprint density at radius 3 is 2.80 bits per heavy atom. The number of pyridine rings is 1. The van der Waals surface area contributed by atoms with E-state index in [4.69, 9.17) is 16.3 Å². The summed E-state index contributed by atoms with van der Waals surface area (Å²) in [5, 5.41) is 3.19. The van der Waals surface area contributed by atoms with Gasteiger partial charge in [0, 0.05) is 4.47 Å². The van der Waals surface area contributed by atoms with Gasteiger partial charge in [0.15, 0.2) is 0 Å². The van der Waals surface area contributed by atoms with Crippen molar-refractivity contribution in [3.8, 4) is 5.75 Å². The van der Waals surface area contributed by atoms with E-state index < -0.39 is 0 Å². The molecule has 1 heterocycles. The molecule has 0 saturated carbocycles. The molecule has 1 N–H and O–H groups in total. The summed E-state index contributed by atoms with van der Waals surface area (Å²) in [7, 11) is 1.52. The van der Waals surface area contributed by atoms with E-state index in [1.807, 2.05) is 6.92 Å². The van der Waals surface area contributed by atoms with Gasteiger partial charge in [0.05, 0.1) is 24.6 Å². The highest BCUT2D eigenvalue weighted by Gasteiger charge is 2.13. The van der Waals surface area contributed by atoms with E-state index in [1.54, 1.807) is 24.3 Å². The van der Waals surface area contributed by atoms with Crippen molar-refractivity contribution in [3.05, 3.63) is 51.2 Å². The topological polar surface area (TPSA) is 51.2 Å². The number of rotatable bonds is 3. The van der Waals surface area contributed by atoms with Crippen molar-refractivity contribution in [2.24, 2.45) is 0 Å². The van der Waals surface area contributed by atoms with Crippen LogP contribution in [0.5, 0.6) is 5.75 Å². The molecule has 4 nitrogen and oxygen atoms in total. The van der Waals surface area contributed by atoms with Crippen LogP contribution in [-0.4, -0.2) is 18.0 Å². The molecule has 0 unspecified atom stereocenters. The molecule has 1 aromatic heterocycles. The molecular formula is C14H12BrClN2O2. The van der Waals surface area contributed by atoms with Crippen LogP contribution in [0.25, 0.3) is 0 Å². The summed E-state index contributed by atoms with van der Waals surface area (Å²) in [6.45, 7) is 1.82. The fourth-order valence-electron chi connectivity index (χ4n) is 1.68. The van der Waals surface area contributed by atoms with Gasteiger partial charge in [-0.3, -0.25) is 4.79 Å². The van der Waals surface area contributed by atoms with Crippen LogP contribution in [0.2, 0.25) is 5.15 Å². The molecule has 1 aromatic carbocycles. The Bertz CT molecular complexity index is 662. The summed E-state index contributed by atoms with van der Waals surface area (Å²) < 4.78 is 6.04. The molecule has 0 atom stereocenters. The summed E-state index contributed by atoms with van der Waals surface area (Å²) in [4.78, 5) is 16.2. The first-order chi connectivity index (χ1) is 9.51. The Hall–Kier alpha value is -1.59. The van der Waals surface area contributed by atoms with Crippen LogP contribution in [0.15, 0.2) is 34.9 Å². The van der Waals surface area contributed by atoms with Crippen LogP contribution in [0, 0.1) is 6.92 Å². The van der Waals surface area contributed by atoms with Gasteiger partial charge in [0.1, 0.15) is 10.9 Å². The fourth-order valence-corrected chi connectivity index (χ4v) is 2.12. The molecule has 0 radical (unpaired) electrons. The third kappa shape index (κ3) is 3.29. The highest BCUT2D eigenvalue weighted by atomic mass is 79.9. The molecule has 0 aliphatic rings. The highest BCUT2D eigenvalue weighted by molar-refractivity contribution is 9.10. The van der Waals surface area contributed by atoms with Gasteiger partial charge in [-0.15, -0.1) is 0 Å². The van der Waals surface area contributed by atoms with Crippen LogP contribution >= 0.6 is 27.5 Å². The molecule has 0 aliphatic heterocycles. The number of methoxy groups -OCH3 is 1. The summed E-state index contributed by atoms with van der Waals surface area (Å²) in [6.07, 6.45) is 1.51. The number of ether oxygens (including phenoxy) is 1. The maximum Gasteiger partial charge on any atom is 0.259 e. The molecule has 6 heteroatoms. The second kappa shape index (κ2) is 6.24. The van der Waals surface area contributed by atoms with Crippen LogP contribution in [0.3, 0.4) is 0 Å². The Kier molecular flexibility index (Phi) is 4.62. The Labute approximate surface area is 130 Å². The zero-order valence-corrected chi connectivity index (χ0v) is 13.2. The minimum Gasteiger partial charge on any atom is -0.496 e. The number of anilines is 1. The number of nitrogens with zero attached hydrogens (tertiary/aromatic N) is 1. The standard InChI is InChI=1S/C14H12BrClN2O2/c1-8-5-10(7-17-13(8)16)18-14(19)11-4-3-9(15)6-12(11)20-2/h3-7H,1-2H3,(H,18,19). The lowest BCUT2D eigenvalue weighted by Crippen LogP contribution is -2.13. The lowest BCUT2D eigenvalue weighted by molar-refractivity contribution is 0.102. The van der Waals surface area contributed by atoms with Gasteiger partial charge in [0.2, 0.25) is 0 Å². The minimum atomic E-state index is -0.266. The van der Waals surface area contributed by atoms with Gasteiger partial charge in [-0.2, -0.15) is 0 Å². The van der Waals surface area contributed by atoms with Gasteiger partial charge in [-0.25, -0.2) is 4.98 Å².